The molecule has 0 bridgehead atoms. The molecule has 1 heterocycles. The summed E-state index contributed by atoms with van der Waals surface area (Å²) in [5, 5.41) is 6.75. The molecule has 152 valence electrons. The van der Waals surface area contributed by atoms with E-state index in [9.17, 15) is 18.0 Å². The van der Waals surface area contributed by atoms with Crippen LogP contribution in [0, 0.1) is 12.8 Å². The first-order chi connectivity index (χ1) is 13.6. The third-order valence-electron chi connectivity index (χ3n) is 4.41. The standard InChI is InChI=1S/C21H20F3N3O2/c1-12(2)17(20-26-18(27-29-20)15-6-4-5-13(3)11-15)25-19(28)14-7-9-16(10-8-14)21(22,23)24/h4-12,17H,1-3H3,(H,25,28)/t17-/m1/s1. The first kappa shape index (κ1) is 20.6. The molecule has 29 heavy (non-hydrogen) atoms. The molecule has 1 amide bonds. The van der Waals surface area contributed by atoms with Gasteiger partial charge in [-0.3, -0.25) is 4.79 Å². The number of benzene rings is 2. The highest BCUT2D eigenvalue weighted by Crippen LogP contribution is 2.29. The Hall–Kier alpha value is -3.16. The maximum absolute atomic E-state index is 12.7. The number of rotatable bonds is 5. The van der Waals surface area contributed by atoms with Crippen molar-refractivity contribution in [3.63, 3.8) is 0 Å². The van der Waals surface area contributed by atoms with E-state index in [2.05, 4.69) is 15.5 Å². The second-order valence-electron chi connectivity index (χ2n) is 7.10. The number of aryl methyl sites for hydroxylation is 1. The van der Waals surface area contributed by atoms with Crippen molar-refractivity contribution in [3.8, 4) is 11.4 Å². The number of halogens is 3. The molecule has 0 aliphatic rings. The molecule has 2 aromatic carbocycles. The lowest BCUT2D eigenvalue weighted by Gasteiger charge is -2.18. The molecule has 0 radical (unpaired) electrons. The number of amides is 1. The Morgan fingerprint density at radius 3 is 2.38 bits per heavy atom. The summed E-state index contributed by atoms with van der Waals surface area (Å²) in [5.41, 5.74) is 1.14. The zero-order valence-corrected chi connectivity index (χ0v) is 16.1. The minimum Gasteiger partial charge on any atom is -0.340 e. The minimum absolute atomic E-state index is 0.0841. The number of aromatic nitrogens is 2. The summed E-state index contributed by atoms with van der Waals surface area (Å²) >= 11 is 0. The predicted molar refractivity (Wildman–Crippen MR) is 101 cm³/mol. The van der Waals surface area contributed by atoms with Crippen molar-refractivity contribution < 1.29 is 22.5 Å². The highest BCUT2D eigenvalue weighted by atomic mass is 19.4. The van der Waals surface area contributed by atoms with E-state index in [-0.39, 0.29) is 17.4 Å². The van der Waals surface area contributed by atoms with Gasteiger partial charge in [-0.1, -0.05) is 42.8 Å². The van der Waals surface area contributed by atoms with Crippen LogP contribution in [-0.4, -0.2) is 16.0 Å². The molecule has 0 saturated carbocycles. The van der Waals surface area contributed by atoms with Gasteiger partial charge in [0.25, 0.3) is 5.91 Å². The molecule has 0 aliphatic carbocycles. The average molecular weight is 403 g/mol. The minimum atomic E-state index is -4.45. The van der Waals surface area contributed by atoms with E-state index in [1.807, 2.05) is 45.0 Å². The van der Waals surface area contributed by atoms with Crippen LogP contribution in [0.1, 0.15) is 47.3 Å². The lowest BCUT2D eigenvalue weighted by molar-refractivity contribution is -0.137. The summed E-state index contributed by atoms with van der Waals surface area (Å²) in [6.07, 6.45) is -4.45. The van der Waals surface area contributed by atoms with Gasteiger partial charge < -0.3 is 9.84 Å². The smallest absolute Gasteiger partial charge is 0.340 e. The molecule has 0 fully saturated rings. The van der Waals surface area contributed by atoms with Crippen molar-refractivity contribution in [3.05, 3.63) is 71.1 Å². The molecule has 1 N–H and O–H groups in total. The quantitative estimate of drug-likeness (QED) is 0.637. The van der Waals surface area contributed by atoms with Crippen LogP contribution in [0.5, 0.6) is 0 Å². The monoisotopic (exact) mass is 403 g/mol. The fraction of sp³-hybridized carbons (Fsp3) is 0.286. The molecule has 3 rings (SSSR count). The number of nitrogens with zero attached hydrogens (tertiary/aromatic N) is 2. The Bertz CT molecular complexity index is 995. The number of nitrogens with one attached hydrogen (secondary N) is 1. The van der Waals surface area contributed by atoms with Gasteiger partial charge in [-0.05, 0) is 43.2 Å². The Balaban J connectivity index is 1.79. The predicted octanol–water partition coefficient (Wildman–Crippen LogP) is 5.19. The van der Waals surface area contributed by atoms with Gasteiger partial charge in [-0.15, -0.1) is 0 Å². The van der Waals surface area contributed by atoms with Crippen LogP contribution < -0.4 is 5.32 Å². The molecule has 5 nitrogen and oxygen atoms in total. The summed E-state index contributed by atoms with van der Waals surface area (Å²) in [6.45, 7) is 5.69. The summed E-state index contributed by atoms with van der Waals surface area (Å²) in [5.74, 6) is 0.0295. The maximum atomic E-state index is 12.7. The number of carbonyl (C=O) groups is 1. The van der Waals surface area contributed by atoms with Gasteiger partial charge in [-0.2, -0.15) is 18.2 Å². The van der Waals surface area contributed by atoms with Crippen molar-refractivity contribution in [1.29, 1.82) is 0 Å². The lowest BCUT2D eigenvalue weighted by atomic mass is 10.0. The van der Waals surface area contributed by atoms with Crippen LogP contribution in [0.3, 0.4) is 0 Å². The third-order valence-corrected chi connectivity index (χ3v) is 4.41. The van der Waals surface area contributed by atoms with Crippen molar-refractivity contribution in [1.82, 2.24) is 15.5 Å². The summed E-state index contributed by atoms with van der Waals surface area (Å²) < 4.78 is 43.4. The summed E-state index contributed by atoms with van der Waals surface area (Å²) in [7, 11) is 0. The number of hydrogen-bond acceptors (Lipinski definition) is 4. The van der Waals surface area contributed by atoms with Gasteiger partial charge in [0.2, 0.25) is 11.7 Å². The van der Waals surface area contributed by atoms with E-state index in [0.717, 1.165) is 35.4 Å². The van der Waals surface area contributed by atoms with Crippen molar-refractivity contribution >= 4 is 5.91 Å². The van der Waals surface area contributed by atoms with E-state index in [1.165, 1.54) is 0 Å². The van der Waals surface area contributed by atoms with E-state index < -0.39 is 23.7 Å². The van der Waals surface area contributed by atoms with Crippen LogP contribution in [0.15, 0.2) is 53.1 Å². The molecular weight excluding hydrogens is 383 g/mol. The van der Waals surface area contributed by atoms with Crippen LogP contribution in [0.25, 0.3) is 11.4 Å². The molecule has 0 unspecified atom stereocenters. The first-order valence-corrected chi connectivity index (χ1v) is 9.04. The zero-order chi connectivity index (χ0) is 21.2. The zero-order valence-electron chi connectivity index (χ0n) is 16.1. The van der Waals surface area contributed by atoms with Crippen LogP contribution in [0.4, 0.5) is 13.2 Å². The fourth-order valence-corrected chi connectivity index (χ4v) is 2.81. The molecule has 1 aromatic heterocycles. The van der Waals surface area contributed by atoms with Crippen LogP contribution in [0.2, 0.25) is 0 Å². The number of carbonyl (C=O) groups excluding carboxylic acids is 1. The van der Waals surface area contributed by atoms with E-state index >= 15 is 0 Å². The molecular formula is C21H20F3N3O2. The van der Waals surface area contributed by atoms with E-state index in [1.54, 1.807) is 0 Å². The van der Waals surface area contributed by atoms with Gasteiger partial charge in [0.05, 0.1) is 5.56 Å². The Morgan fingerprint density at radius 1 is 1.10 bits per heavy atom. The van der Waals surface area contributed by atoms with Crippen LogP contribution >= 0.6 is 0 Å². The van der Waals surface area contributed by atoms with Gasteiger partial charge in [-0.25, -0.2) is 0 Å². The fourth-order valence-electron chi connectivity index (χ4n) is 2.81. The largest absolute Gasteiger partial charge is 0.416 e. The SMILES string of the molecule is Cc1cccc(-c2noc([C@H](NC(=O)c3ccc(C(F)(F)F)cc3)C(C)C)n2)c1. The molecule has 3 aromatic rings. The Kier molecular flexibility index (Phi) is 5.72. The molecule has 1 atom stereocenters. The molecule has 0 aliphatic heterocycles. The first-order valence-electron chi connectivity index (χ1n) is 9.04. The highest BCUT2D eigenvalue weighted by Gasteiger charge is 2.30. The lowest BCUT2D eigenvalue weighted by Crippen LogP contribution is -2.32. The van der Waals surface area contributed by atoms with Gasteiger partial charge in [0.15, 0.2) is 0 Å². The van der Waals surface area contributed by atoms with Crippen molar-refractivity contribution in [2.24, 2.45) is 5.92 Å². The Labute approximate surface area is 165 Å². The average Bonchev–Trinajstić information content (AvgIpc) is 3.15. The van der Waals surface area contributed by atoms with Gasteiger partial charge in [0, 0.05) is 11.1 Å². The van der Waals surface area contributed by atoms with Gasteiger partial charge in [0.1, 0.15) is 6.04 Å². The second-order valence-corrected chi connectivity index (χ2v) is 7.10. The third kappa shape index (κ3) is 4.82. The van der Waals surface area contributed by atoms with Crippen molar-refractivity contribution in [2.75, 3.05) is 0 Å². The summed E-state index contributed by atoms with van der Waals surface area (Å²) in [6, 6.07) is 11.0. The second kappa shape index (κ2) is 8.06. The van der Waals surface area contributed by atoms with E-state index in [0.29, 0.717) is 5.82 Å². The Morgan fingerprint density at radius 2 is 1.79 bits per heavy atom. The number of alkyl halides is 3. The molecule has 8 heteroatoms. The maximum Gasteiger partial charge on any atom is 0.416 e. The molecule has 0 spiro atoms. The topological polar surface area (TPSA) is 68.0 Å². The molecule has 0 saturated heterocycles. The van der Waals surface area contributed by atoms with Crippen LogP contribution in [-0.2, 0) is 6.18 Å². The van der Waals surface area contributed by atoms with Crippen molar-refractivity contribution in [2.45, 2.75) is 33.0 Å². The number of hydrogen-bond donors (Lipinski definition) is 1. The normalized spacial score (nSPS) is 12.8. The van der Waals surface area contributed by atoms with E-state index in [4.69, 9.17) is 4.52 Å². The summed E-state index contributed by atoms with van der Waals surface area (Å²) in [4.78, 5) is 16.9. The highest BCUT2D eigenvalue weighted by molar-refractivity contribution is 5.94. The van der Waals surface area contributed by atoms with Gasteiger partial charge >= 0.3 is 6.18 Å².